The molecule has 1 N–H and O–H groups in total. The Morgan fingerprint density at radius 3 is 2.47 bits per heavy atom. The highest BCUT2D eigenvalue weighted by Gasteiger charge is 2.10. The molecule has 0 radical (unpaired) electrons. The maximum atomic E-state index is 12.1. The first kappa shape index (κ1) is 13.4. The molecule has 0 heterocycles. The first-order valence-corrected chi connectivity index (χ1v) is 6.31. The van der Waals surface area contributed by atoms with Crippen LogP contribution in [0.5, 0.6) is 0 Å². The minimum atomic E-state index is -0.203. The van der Waals surface area contributed by atoms with Crippen molar-refractivity contribution in [1.29, 1.82) is 0 Å². The number of anilines is 2. The number of hydrogen-bond acceptors (Lipinski definition) is 1. The molecule has 0 atom stereocenters. The Bertz CT molecular complexity index is 584. The summed E-state index contributed by atoms with van der Waals surface area (Å²) in [5, 5.41) is 3.45. The lowest BCUT2D eigenvalue weighted by atomic mass is 10.2. The number of benzene rings is 2. The van der Waals surface area contributed by atoms with Gasteiger partial charge in [-0.05, 0) is 36.8 Å². The van der Waals surface area contributed by atoms with Gasteiger partial charge in [-0.3, -0.25) is 4.90 Å². The van der Waals surface area contributed by atoms with Crippen molar-refractivity contribution in [3.8, 4) is 0 Å². The van der Waals surface area contributed by atoms with E-state index in [-0.39, 0.29) is 6.03 Å². The van der Waals surface area contributed by atoms with E-state index in [4.69, 9.17) is 11.6 Å². The molecule has 0 saturated carbocycles. The average Bonchev–Trinajstić information content (AvgIpc) is 2.43. The van der Waals surface area contributed by atoms with Crippen LogP contribution in [-0.4, -0.2) is 13.1 Å². The van der Waals surface area contributed by atoms with Crippen LogP contribution in [0.2, 0.25) is 5.02 Å². The third-order valence-corrected chi connectivity index (χ3v) is 3.28. The number of urea groups is 1. The molecule has 0 aliphatic rings. The fourth-order valence-electron chi connectivity index (χ4n) is 1.65. The number of carbonyl (C=O) groups excluding carboxylic acids is 1. The molecular formula is C15H15ClN2O. The molecule has 4 heteroatoms. The fraction of sp³-hybridized carbons (Fsp3) is 0.133. The van der Waals surface area contributed by atoms with E-state index in [1.54, 1.807) is 18.0 Å². The van der Waals surface area contributed by atoms with E-state index in [0.717, 1.165) is 11.3 Å². The molecule has 0 aliphatic heterocycles. The van der Waals surface area contributed by atoms with Crippen LogP contribution in [0, 0.1) is 6.92 Å². The molecule has 0 fully saturated rings. The van der Waals surface area contributed by atoms with Crippen LogP contribution in [-0.2, 0) is 0 Å². The summed E-state index contributed by atoms with van der Waals surface area (Å²) in [6.07, 6.45) is 0. The van der Waals surface area contributed by atoms with Gasteiger partial charge in [0.05, 0.1) is 0 Å². The highest BCUT2D eigenvalue weighted by Crippen LogP contribution is 2.21. The summed E-state index contributed by atoms with van der Waals surface area (Å²) >= 11 is 6.03. The second kappa shape index (κ2) is 5.76. The van der Waals surface area contributed by atoms with Crippen molar-refractivity contribution in [2.24, 2.45) is 0 Å². The summed E-state index contributed by atoms with van der Waals surface area (Å²) in [5.41, 5.74) is 2.50. The Hall–Kier alpha value is -2.00. The Balaban J connectivity index is 2.10. The molecule has 3 nitrogen and oxygen atoms in total. The molecule has 0 aromatic heterocycles. The lowest BCUT2D eigenvalue weighted by molar-refractivity contribution is 0.258. The largest absolute Gasteiger partial charge is 0.326 e. The summed E-state index contributed by atoms with van der Waals surface area (Å²) in [7, 11) is 1.72. The number of para-hydroxylation sites is 1. The monoisotopic (exact) mass is 274 g/mol. The van der Waals surface area contributed by atoms with Crippen LogP contribution in [0.25, 0.3) is 0 Å². The number of halogens is 1. The summed E-state index contributed by atoms with van der Waals surface area (Å²) in [6, 6.07) is 14.7. The van der Waals surface area contributed by atoms with Crippen LogP contribution in [0.3, 0.4) is 0 Å². The standard InChI is InChI=1S/C15H15ClN2O/c1-11-8-9-12(10-14(11)16)17-15(19)18(2)13-6-4-3-5-7-13/h3-10H,1-2H3,(H,17,19). The van der Waals surface area contributed by atoms with Crippen molar-refractivity contribution >= 4 is 29.0 Å². The predicted octanol–water partition coefficient (Wildman–Crippen LogP) is 4.32. The van der Waals surface area contributed by atoms with Gasteiger partial charge in [0.15, 0.2) is 0 Å². The molecule has 2 aromatic carbocycles. The maximum absolute atomic E-state index is 12.1. The number of hydrogen-bond donors (Lipinski definition) is 1. The van der Waals surface area contributed by atoms with Gasteiger partial charge in [-0.1, -0.05) is 35.9 Å². The Morgan fingerprint density at radius 2 is 1.84 bits per heavy atom. The lowest BCUT2D eigenvalue weighted by Gasteiger charge is -2.18. The van der Waals surface area contributed by atoms with Crippen molar-refractivity contribution in [2.45, 2.75) is 6.92 Å². The Morgan fingerprint density at radius 1 is 1.16 bits per heavy atom. The SMILES string of the molecule is Cc1ccc(NC(=O)N(C)c2ccccc2)cc1Cl. The molecule has 98 valence electrons. The third-order valence-electron chi connectivity index (χ3n) is 2.87. The summed E-state index contributed by atoms with van der Waals surface area (Å²) in [4.78, 5) is 13.6. The van der Waals surface area contributed by atoms with Gasteiger partial charge in [-0.15, -0.1) is 0 Å². The second-order valence-electron chi connectivity index (χ2n) is 4.29. The molecule has 2 rings (SSSR count). The molecule has 0 unspecified atom stereocenters. The zero-order chi connectivity index (χ0) is 13.8. The first-order chi connectivity index (χ1) is 9.08. The lowest BCUT2D eigenvalue weighted by Crippen LogP contribution is -2.31. The number of amides is 2. The third kappa shape index (κ3) is 3.26. The smallest absolute Gasteiger partial charge is 0.307 e. The first-order valence-electron chi connectivity index (χ1n) is 5.94. The van der Waals surface area contributed by atoms with E-state index < -0.39 is 0 Å². The Kier molecular flexibility index (Phi) is 4.07. The van der Waals surface area contributed by atoms with Crippen molar-refractivity contribution in [3.05, 3.63) is 59.1 Å². The van der Waals surface area contributed by atoms with E-state index in [0.29, 0.717) is 10.7 Å². The highest BCUT2D eigenvalue weighted by atomic mass is 35.5. The number of carbonyl (C=O) groups is 1. The number of nitrogens with one attached hydrogen (secondary N) is 1. The molecule has 19 heavy (non-hydrogen) atoms. The molecule has 2 aromatic rings. The van der Waals surface area contributed by atoms with Gasteiger partial charge in [-0.2, -0.15) is 0 Å². The number of aryl methyl sites for hydroxylation is 1. The quantitative estimate of drug-likeness (QED) is 0.869. The molecule has 0 saturated heterocycles. The molecule has 2 amide bonds. The van der Waals surface area contributed by atoms with Gasteiger partial charge >= 0.3 is 6.03 Å². The zero-order valence-electron chi connectivity index (χ0n) is 10.9. The second-order valence-corrected chi connectivity index (χ2v) is 4.70. The van der Waals surface area contributed by atoms with Crippen LogP contribution in [0.15, 0.2) is 48.5 Å². The summed E-state index contributed by atoms with van der Waals surface area (Å²) in [6.45, 7) is 1.92. The topological polar surface area (TPSA) is 32.3 Å². The zero-order valence-corrected chi connectivity index (χ0v) is 11.6. The average molecular weight is 275 g/mol. The highest BCUT2D eigenvalue weighted by molar-refractivity contribution is 6.31. The summed E-state index contributed by atoms with van der Waals surface area (Å²) in [5.74, 6) is 0. The van der Waals surface area contributed by atoms with Gasteiger partial charge in [0.25, 0.3) is 0 Å². The summed E-state index contributed by atoms with van der Waals surface area (Å²) < 4.78 is 0. The van der Waals surface area contributed by atoms with Crippen molar-refractivity contribution in [2.75, 3.05) is 17.3 Å². The van der Waals surface area contributed by atoms with E-state index >= 15 is 0 Å². The minimum Gasteiger partial charge on any atom is -0.307 e. The van der Waals surface area contributed by atoms with Crippen LogP contribution in [0.1, 0.15) is 5.56 Å². The van der Waals surface area contributed by atoms with E-state index in [9.17, 15) is 4.79 Å². The van der Waals surface area contributed by atoms with Crippen molar-refractivity contribution < 1.29 is 4.79 Å². The van der Waals surface area contributed by atoms with Crippen LogP contribution in [0.4, 0.5) is 16.2 Å². The van der Waals surface area contributed by atoms with Gasteiger partial charge in [0.1, 0.15) is 0 Å². The van der Waals surface area contributed by atoms with Gasteiger partial charge in [0.2, 0.25) is 0 Å². The minimum absolute atomic E-state index is 0.203. The van der Waals surface area contributed by atoms with E-state index in [1.807, 2.05) is 49.4 Å². The predicted molar refractivity (Wildman–Crippen MR) is 80.1 cm³/mol. The van der Waals surface area contributed by atoms with Gasteiger partial charge < -0.3 is 5.32 Å². The Labute approximate surface area is 117 Å². The van der Waals surface area contributed by atoms with Crippen molar-refractivity contribution in [1.82, 2.24) is 0 Å². The normalized spacial score (nSPS) is 10.1. The number of nitrogens with zero attached hydrogens (tertiary/aromatic N) is 1. The van der Waals surface area contributed by atoms with Gasteiger partial charge in [-0.25, -0.2) is 4.79 Å². The molecule has 0 aliphatic carbocycles. The fourth-order valence-corrected chi connectivity index (χ4v) is 1.83. The molecule has 0 spiro atoms. The van der Waals surface area contributed by atoms with Crippen LogP contribution < -0.4 is 10.2 Å². The van der Waals surface area contributed by atoms with Crippen LogP contribution >= 0.6 is 11.6 Å². The van der Waals surface area contributed by atoms with E-state index in [2.05, 4.69) is 5.32 Å². The molecule has 0 bridgehead atoms. The van der Waals surface area contributed by atoms with Gasteiger partial charge in [0, 0.05) is 23.4 Å². The molecular weight excluding hydrogens is 260 g/mol. The number of rotatable bonds is 2. The maximum Gasteiger partial charge on any atom is 0.326 e. The van der Waals surface area contributed by atoms with Crippen molar-refractivity contribution in [3.63, 3.8) is 0 Å². The van der Waals surface area contributed by atoms with E-state index in [1.165, 1.54) is 0 Å².